The third-order valence-electron chi connectivity index (χ3n) is 4.06. The number of oxazole rings is 1. The number of urea groups is 1. The summed E-state index contributed by atoms with van der Waals surface area (Å²) in [6.07, 6.45) is 2.74. The number of aromatic hydroxyl groups is 1. The summed E-state index contributed by atoms with van der Waals surface area (Å²) in [5, 5.41) is 9.53. The van der Waals surface area contributed by atoms with Crippen molar-refractivity contribution in [2.24, 2.45) is 5.73 Å². The molecule has 0 spiro atoms. The van der Waals surface area contributed by atoms with E-state index in [9.17, 15) is 9.90 Å². The number of amides is 2. The topological polar surface area (TPSA) is 95.8 Å². The van der Waals surface area contributed by atoms with Crippen LogP contribution >= 0.6 is 0 Å². The molecular formula is C15H20N4O3. The molecule has 2 aromatic rings. The molecule has 2 amide bonds. The summed E-state index contributed by atoms with van der Waals surface area (Å²) in [5.74, 6) is 0.137. The zero-order valence-corrected chi connectivity index (χ0v) is 12.5. The standard InChI is InChI=1S/C15H20N4O3/c1-2-18(14(16)21)13-5-3-4-8-19(13)15-17-11-7-6-10(20)9-12(11)22-15/h6-7,9,13,20H,2-5,8H2,1H3,(H2,16,21). The largest absolute Gasteiger partial charge is 0.508 e. The Morgan fingerprint density at radius 2 is 2.36 bits per heavy atom. The van der Waals surface area contributed by atoms with E-state index < -0.39 is 6.03 Å². The number of benzene rings is 1. The van der Waals surface area contributed by atoms with Gasteiger partial charge in [0, 0.05) is 19.2 Å². The van der Waals surface area contributed by atoms with E-state index in [1.807, 2.05) is 11.8 Å². The van der Waals surface area contributed by atoms with Gasteiger partial charge in [0.15, 0.2) is 5.58 Å². The highest BCUT2D eigenvalue weighted by Crippen LogP contribution is 2.30. The number of nitrogens with zero attached hydrogens (tertiary/aromatic N) is 3. The van der Waals surface area contributed by atoms with E-state index in [1.165, 1.54) is 6.07 Å². The lowest BCUT2D eigenvalue weighted by molar-refractivity contribution is 0.170. The molecule has 1 fully saturated rings. The van der Waals surface area contributed by atoms with Crippen LogP contribution in [0.4, 0.5) is 10.8 Å². The molecule has 3 N–H and O–H groups in total. The average Bonchev–Trinajstić information content (AvgIpc) is 2.91. The maximum absolute atomic E-state index is 11.7. The molecule has 3 rings (SSSR count). The van der Waals surface area contributed by atoms with Gasteiger partial charge in [-0.15, -0.1) is 0 Å². The predicted molar refractivity (Wildman–Crippen MR) is 82.6 cm³/mol. The van der Waals surface area contributed by atoms with Gasteiger partial charge in [0.25, 0.3) is 6.01 Å². The number of carbonyl (C=O) groups is 1. The van der Waals surface area contributed by atoms with Crippen molar-refractivity contribution in [2.75, 3.05) is 18.0 Å². The fourth-order valence-electron chi connectivity index (χ4n) is 3.00. The molecule has 0 aliphatic carbocycles. The fourth-order valence-corrected chi connectivity index (χ4v) is 3.00. The van der Waals surface area contributed by atoms with Gasteiger partial charge in [-0.1, -0.05) is 0 Å². The number of phenols is 1. The average molecular weight is 304 g/mol. The van der Waals surface area contributed by atoms with Crippen molar-refractivity contribution < 1.29 is 14.3 Å². The summed E-state index contributed by atoms with van der Waals surface area (Å²) in [6, 6.07) is 4.85. The normalized spacial score (nSPS) is 18.6. The highest BCUT2D eigenvalue weighted by Gasteiger charge is 2.32. The lowest BCUT2D eigenvalue weighted by Gasteiger charge is -2.40. The number of carbonyl (C=O) groups excluding carboxylic acids is 1. The maximum atomic E-state index is 11.7. The molecule has 0 bridgehead atoms. The van der Waals surface area contributed by atoms with Crippen molar-refractivity contribution in [1.82, 2.24) is 9.88 Å². The number of phenolic OH excluding ortho intramolecular Hbond substituents is 1. The summed E-state index contributed by atoms with van der Waals surface area (Å²) in [6.45, 7) is 3.20. The van der Waals surface area contributed by atoms with Crippen LogP contribution in [0.15, 0.2) is 22.6 Å². The van der Waals surface area contributed by atoms with E-state index in [2.05, 4.69) is 4.98 Å². The van der Waals surface area contributed by atoms with Gasteiger partial charge in [0.2, 0.25) is 0 Å². The van der Waals surface area contributed by atoms with Crippen molar-refractivity contribution in [3.05, 3.63) is 18.2 Å². The molecule has 7 heteroatoms. The summed E-state index contributed by atoms with van der Waals surface area (Å²) >= 11 is 0. The number of hydrogen-bond acceptors (Lipinski definition) is 5. The fraction of sp³-hybridized carbons (Fsp3) is 0.467. The Balaban J connectivity index is 1.96. The first-order valence-corrected chi connectivity index (χ1v) is 7.52. The lowest BCUT2D eigenvalue weighted by Crippen LogP contribution is -2.55. The molecule has 22 heavy (non-hydrogen) atoms. The van der Waals surface area contributed by atoms with Gasteiger partial charge < -0.3 is 25.1 Å². The molecule has 118 valence electrons. The number of hydrogen-bond donors (Lipinski definition) is 2. The molecule has 7 nitrogen and oxygen atoms in total. The highest BCUT2D eigenvalue weighted by molar-refractivity contribution is 5.76. The lowest BCUT2D eigenvalue weighted by atomic mass is 10.1. The maximum Gasteiger partial charge on any atom is 0.316 e. The van der Waals surface area contributed by atoms with E-state index in [0.29, 0.717) is 23.7 Å². The minimum absolute atomic E-state index is 0.137. The molecule has 1 saturated heterocycles. The van der Waals surface area contributed by atoms with Crippen molar-refractivity contribution in [3.8, 4) is 5.75 Å². The highest BCUT2D eigenvalue weighted by atomic mass is 16.4. The number of nitrogens with two attached hydrogens (primary N) is 1. The zero-order valence-electron chi connectivity index (χ0n) is 12.5. The number of primary amides is 1. The van der Waals surface area contributed by atoms with E-state index in [0.717, 1.165) is 25.8 Å². The van der Waals surface area contributed by atoms with Gasteiger partial charge in [-0.2, -0.15) is 4.98 Å². The van der Waals surface area contributed by atoms with Crippen molar-refractivity contribution >= 4 is 23.1 Å². The number of piperidine rings is 1. The van der Waals surface area contributed by atoms with Gasteiger partial charge in [0.05, 0.1) is 0 Å². The third kappa shape index (κ3) is 2.54. The molecule has 0 radical (unpaired) electrons. The van der Waals surface area contributed by atoms with Gasteiger partial charge in [0.1, 0.15) is 17.4 Å². The van der Waals surface area contributed by atoms with Gasteiger partial charge in [-0.05, 0) is 38.3 Å². The molecular weight excluding hydrogens is 284 g/mol. The van der Waals surface area contributed by atoms with Crippen LogP contribution in [0.25, 0.3) is 11.1 Å². The Morgan fingerprint density at radius 1 is 1.55 bits per heavy atom. The van der Waals surface area contributed by atoms with Gasteiger partial charge in [-0.25, -0.2) is 4.79 Å². The van der Waals surface area contributed by atoms with Crippen LogP contribution in [0.5, 0.6) is 5.75 Å². The molecule has 1 aromatic carbocycles. The molecule has 1 atom stereocenters. The third-order valence-corrected chi connectivity index (χ3v) is 4.06. The molecule has 2 heterocycles. The number of aromatic nitrogens is 1. The first kappa shape index (κ1) is 14.5. The first-order chi connectivity index (χ1) is 10.6. The van der Waals surface area contributed by atoms with Crippen LogP contribution in [-0.2, 0) is 0 Å². The second-order valence-corrected chi connectivity index (χ2v) is 5.44. The van der Waals surface area contributed by atoms with Crippen molar-refractivity contribution in [3.63, 3.8) is 0 Å². The van der Waals surface area contributed by atoms with Gasteiger partial charge in [-0.3, -0.25) is 0 Å². The molecule has 1 aromatic heterocycles. The molecule has 1 aliphatic rings. The van der Waals surface area contributed by atoms with Crippen LogP contribution in [-0.4, -0.2) is 40.3 Å². The van der Waals surface area contributed by atoms with E-state index >= 15 is 0 Å². The minimum Gasteiger partial charge on any atom is -0.508 e. The second-order valence-electron chi connectivity index (χ2n) is 5.44. The molecule has 1 unspecified atom stereocenters. The number of rotatable bonds is 3. The van der Waals surface area contributed by atoms with Crippen molar-refractivity contribution in [1.29, 1.82) is 0 Å². The summed E-state index contributed by atoms with van der Waals surface area (Å²) in [7, 11) is 0. The quantitative estimate of drug-likeness (QED) is 0.906. The Kier molecular flexibility index (Phi) is 3.79. The Labute approximate surface area is 128 Å². The predicted octanol–water partition coefficient (Wildman–Crippen LogP) is 2.25. The Bertz CT molecular complexity index is 684. The van der Waals surface area contributed by atoms with Crippen LogP contribution in [0, 0.1) is 0 Å². The SMILES string of the molecule is CCN(C(N)=O)C1CCCCN1c1nc2ccc(O)cc2o1. The van der Waals surface area contributed by atoms with Crippen LogP contribution in [0.2, 0.25) is 0 Å². The number of anilines is 1. The van der Waals surface area contributed by atoms with E-state index in [4.69, 9.17) is 10.2 Å². The second kappa shape index (κ2) is 5.75. The summed E-state index contributed by atoms with van der Waals surface area (Å²) in [4.78, 5) is 19.7. The molecule has 0 saturated carbocycles. The van der Waals surface area contributed by atoms with Crippen LogP contribution < -0.4 is 10.6 Å². The number of fused-ring (bicyclic) bond motifs is 1. The van der Waals surface area contributed by atoms with E-state index in [1.54, 1.807) is 17.0 Å². The monoisotopic (exact) mass is 304 g/mol. The molecule has 1 aliphatic heterocycles. The van der Waals surface area contributed by atoms with Crippen LogP contribution in [0.3, 0.4) is 0 Å². The smallest absolute Gasteiger partial charge is 0.316 e. The summed E-state index contributed by atoms with van der Waals surface area (Å²) < 4.78 is 5.77. The summed E-state index contributed by atoms with van der Waals surface area (Å²) in [5.41, 5.74) is 6.70. The van der Waals surface area contributed by atoms with Crippen LogP contribution in [0.1, 0.15) is 26.2 Å². The zero-order chi connectivity index (χ0) is 15.7. The Morgan fingerprint density at radius 3 is 3.09 bits per heavy atom. The van der Waals surface area contributed by atoms with E-state index in [-0.39, 0.29) is 11.9 Å². The van der Waals surface area contributed by atoms with Crippen molar-refractivity contribution in [2.45, 2.75) is 32.4 Å². The first-order valence-electron chi connectivity index (χ1n) is 7.52. The minimum atomic E-state index is -0.437. The van der Waals surface area contributed by atoms with Gasteiger partial charge >= 0.3 is 6.03 Å². The Hall–Kier alpha value is -2.44.